The van der Waals surface area contributed by atoms with Gasteiger partial charge in [0.2, 0.25) is 5.91 Å². The van der Waals surface area contributed by atoms with E-state index in [1.54, 1.807) is 0 Å². The number of aryl methyl sites for hydroxylation is 1. The van der Waals surface area contributed by atoms with Gasteiger partial charge in [-0.25, -0.2) is 0 Å². The topological polar surface area (TPSA) is 29.1 Å². The Labute approximate surface area is 117 Å². The molecule has 1 aromatic rings. The molecule has 98 valence electrons. The largest absolute Gasteiger partial charge is 0.326 e. The number of anilines is 1. The summed E-state index contributed by atoms with van der Waals surface area (Å²) in [7, 11) is 0. The Morgan fingerprint density at radius 3 is 2.56 bits per heavy atom. The first kappa shape index (κ1) is 13.6. The number of halogens is 1. The van der Waals surface area contributed by atoms with Gasteiger partial charge in [0.05, 0.1) is 0 Å². The van der Waals surface area contributed by atoms with Crippen LogP contribution in [0.2, 0.25) is 0 Å². The van der Waals surface area contributed by atoms with Gasteiger partial charge in [0.1, 0.15) is 0 Å². The molecule has 2 rings (SSSR count). The number of carbonyl (C=O) groups is 1. The van der Waals surface area contributed by atoms with E-state index in [1.807, 2.05) is 25.1 Å². The highest BCUT2D eigenvalue weighted by Gasteiger charge is 2.34. The van der Waals surface area contributed by atoms with Crippen LogP contribution >= 0.6 is 15.9 Å². The minimum Gasteiger partial charge on any atom is -0.326 e. The molecule has 1 aromatic carbocycles. The van der Waals surface area contributed by atoms with Gasteiger partial charge in [-0.05, 0) is 43.5 Å². The number of hydrogen-bond donors (Lipinski definition) is 1. The summed E-state index contributed by atoms with van der Waals surface area (Å²) in [6.07, 6.45) is 5.62. The van der Waals surface area contributed by atoms with Crippen LogP contribution in [-0.2, 0) is 4.79 Å². The second kappa shape index (κ2) is 5.43. The maximum Gasteiger partial charge on any atom is 0.230 e. The standard InChI is InChI=1S/C15H20BrNO/c1-11-10-12(6-7-13(11)16)17-14(18)15(2)8-4-3-5-9-15/h6-7,10H,3-5,8-9H2,1-2H3,(H,17,18). The van der Waals surface area contributed by atoms with Crippen molar-refractivity contribution in [2.24, 2.45) is 5.41 Å². The Hall–Kier alpha value is -0.830. The second-order valence-electron chi connectivity index (χ2n) is 5.54. The second-order valence-corrected chi connectivity index (χ2v) is 6.39. The molecule has 1 aliphatic rings. The lowest BCUT2D eigenvalue weighted by atomic mass is 9.75. The fraction of sp³-hybridized carbons (Fsp3) is 0.533. The van der Waals surface area contributed by atoms with E-state index >= 15 is 0 Å². The monoisotopic (exact) mass is 309 g/mol. The zero-order chi connectivity index (χ0) is 13.2. The Kier molecular flexibility index (Phi) is 4.10. The van der Waals surface area contributed by atoms with Crippen LogP contribution in [0.1, 0.15) is 44.6 Å². The van der Waals surface area contributed by atoms with Gasteiger partial charge in [0, 0.05) is 15.6 Å². The van der Waals surface area contributed by atoms with Gasteiger partial charge in [0.25, 0.3) is 0 Å². The normalized spacial score (nSPS) is 18.4. The summed E-state index contributed by atoms with van der Waals surface area (Å²) in [6.45, 7) is 4.12. The minimum absolute atomic E-state index is 0.170. The van der Waals surface area contributed by atoms with E-state index in [0.717, 1.165) is 28.6 Å². The summed E-state index contributed by atoms with van der Waals surface area (Å²) in [5, 5.41) is 3.06. The number of carbonyl (C=O) groups excluding carboxylic acids is 1. The molecule has 18 heavy (non-hydrogen) atoms. The summed E-state index contributed by atoms with van der Waals surface area (Å²) < 4.78 is 1.07. The average molecular weight is 310 g/mol. The third kappa shape index (κ3) is 2.94. The zero-order valence-electron chi connectivity index (χ0n) is 11.1. The molecule has 2 nitrogen and oxygen atoms in total. The summed E-state index contributed by atoms with van der Waals surface area (Å²) >= 11 is 3.47. The van der Waals surface area contributed by atoms with Gasteiger partial charge in [-0.15, -0.1) is 0 Å². The van der Waals surface area contributed by atoms with Crippen molar-refractivity contribution in [2.75, 3.05) is 5.32 Å². The van der Waals surface area contributed by atoms with Crippen LogP contribution in [0.4, 0.5) is 5.69 Å². The Morgan fingerprint density at radius 1 is 1.28 bits per heavy atom. The maximum absolute atomic E-state index is 12.4. The van der Waals surface area contributed by atoms with E-state index in [9.17, 15) is 4.79 Å². The number of benzene rings is 1. The minimum atomic E-state index is -0.181. The Balaban J connectivity index is 2.08. The molecule has 0 spiro atoms. The highest BCUT2D eigenvalue weighted by molar-refractivity contribution is 9.10. The van der Waals surface area contributed by atoms with Crippen molar-refractivity contribution in [3.8, 4) is 0 Å². The highest BCUT2D eigenvalue weighted by Crippen LogP contribution is 2.36. The summed E-state index contributed by atoms with van der Waals surface area (Å²) in [6, 6.07) is 5.93. The molecule has 3 heteroatoms. The number of amides is 1. The third-order valence-corrected chi connectivity index (χ3v) is 4.81. The molecule has 0 unspecified atom stereocenters. The predicted molar refractivity (Wildman–Crippen MR) is 78.7 cm³/mol. The van der Waals surface area contributed by atoms with Crippen LogP contribution in [0.25, 0.3) is 0 Å². The van der Waals surface area contributed by atoms with E-state index in [1.165, 1.54) is 19.3 Å². The molecule has 0 aliphatic heterocycles. The molecule has 1 aliphatic carbocycles. The molecular weight excluding hydrogens is 290 g/mol. The van der Waals surface area contributed by atoms with E-state index in [-0.39, 0.29) is 11.3 Å². The number of hydrogen-bond acceptors (Lipinski definition) is 1. The summed E-state index contributed by atoms with van der Waals surface area (Å²) in [5.41, 5.74) is 1.85. The van der Waals surface area contributed by atoms with Crippen LogP contribution in [0.5, 0.6) is 0 Å². The fourth-order valence-electron chi connectivity index (χ4n) is 2.56. The zero-order valence-corrected chi connectivity index (χ0v) is 12.6. The van der Waals surface area contributed by atoms with Gasteiger partial charge in [-0.2, -0.15) is 0 Å². The lowest BCUT2D eigenvalue weighted by molar-refractivity contribution is -0.126. The first-order valence-corrected chi connectivity index (χ1v) is 7.38. The predicted octanol–water partition coefficient (Wildman–Crippen LogP) is 4.67. The molecule has 1 amide bonds. The molecule has 1 fully saturated rings. The van der Waals surface area contributed by atoms with Gasteiger partial charge in [-0.1, -0.05) is 42.1 Å². The molecule has 0 heterocycles. The first-order chi connectivity index (χ1) is 8.51. The molecule has 1 saturated carbocycles. The Bertz CT molecular complexity index is 450. The van der Waals surface area contributed by atoms with Gasteiger partial charge in [0.15, 0.2) is 0 Å². The fourth-order valence-corrected chi connectivity index (χ4v) is 2.81. The molecule has 0 atom stereocenters. The quantitative estimate of drug-likeness (QED) is 0.845. The number of nitrogens with one attached hydrogen (secondary N) is 1. The van der Waals surface area contributed by atoms with Crippen LogP contribution in [-0.4, -0.2) is 5.91 Å². The van der Waals surface area contributed by atoms with Crippen LogP contribution in [0.3, 0.4) is 0 Å². The van der Waals surface area contributed by atoms with E-state index in [4.69, 9.17) is 0 Å². The maximum atomic E-state index is 12.4. The molecule has 1 N–H and O–H groups in total. The summed E-state index contributed by atoms with van der Waals surface area (Å²) in [4.78, 5) is 12.4. The van der Waals surface area contributed by atoms with Gasteiger partial charge >= 0.3 is 0 Å². The lowest BCUT2D eigenvalue weighted by Gasteiger charge is -2.32. The van der Waals surface area contributed by atoms with Crippen molar-refractivity contribution in [1.29, 1.82) is 0 Å². The van der Waals surface area contributed by atoms with Gasteiger partial charge in [-0.3, -0.25) is 4.79 Å². The van der Waals surface area contributed by atoms with E-state index in [2.05, 4.69) is 28.2 Å². The Morgan fingerprint density at radius 2 is 1.94 bits per heavy atom. The van der Waals surface area contributed by atoms with Crippen LogP contribution in [0, 0.1) is 12.3 Å². The summed E-state index contributed by atoms with van der Waals surface area (Å²) in [5.74, 6) is 0.170. The molecule has 0 saturated heterocycles. The van der Waals surface area contributed by atoms with Crippen LogP contribution < -0.4 is 5.32 Å². The third-order valence-electron chi connectivity index (χ3n) is 3.92. The lowest BCUT2D eigenvalue weighted by Crippen LogP contribution is -2.35. The van der Waals surface area contributed by atoms with Crippen LogP contribution in [0.15, 0.2) is 22.7 Å². The smallest absolute Gasteiger partial charge is 0.230 e. The highest BCUT2D eigenvalue weighted by atomic mass is 79.9. The van der Waals surface area contributed by atoms with Crippen molar-refractivity contribution in [3.05, 3.63) is 28.2 Å². The molecule has 0 radical (unpaired) electrons. The molecule has 0 aromatic heterocycles. The van der Waals surface area contributed by atoms with Gasteiger partial charge < -0.3 is 5.32 Å². The van der Waals surface area contributed by atoms with E-state index < -0.39 is 0 Å². The van der Waals surface area contributed by atoms with Crippen molar-refractivity contribution < 1.29 is 4.79 Å². The van der Waals surface area contributed by atoms with Crippen molar-refractivity contribution in [2.45, 2.75) is 46.0 Å². The molecule has 0 bridgehead atoms. The number of rotatable bonds is 2. The van der Waals surface area contributed by atoms with Crippen molar-refractivity contribution >= 4 is 27.5 Å². The first-order valence-electron chi connectivity index (χ1n) is 6.59. The average Bonchev–Trinajstić information content (AvgIpc) is 2.35. The molecular formula is C15H20BrNO. The van der Waals surface area contributed by atoms with E-state index in [0.29, 0.717) is 0 Å². The van der Waals surface area contributed by atoms with Crippen molar-refractivity contribution in [3.63, 3.8) is 0 Å². The SMILES string of the molecule is Cc1cc(NC(=O)C2(C)CCCCC2)ccc1Br. The van der Waals surface area contributed by atoms with Crippen molar-refractivity contribution in [1.82, 2.24) is 0 Å².